The van der Waals surface area contributed by atoms with Crippen molar-refractivity contribution in [3.8, 4) is 0 Å². The standard InChI is InChI=1S/C16H22ClN3O3/c1-11-2-3-20(10-14(11)21)15-13(17)8-12(9-18-15)16(22)19-4-6-23-7-5-19/h8-9,11,14,21H,2-7,10H2,1H3. The van der Waals surface area contributed by atoms with E-state index in [2.05, 4.69) is 4.98 Å². The summed E-state index contributed by atoms with van der Waals surface area (Å²) in [5, 5.41) is 10.5. The summed E-state index contributed by atoms with van der Waals surface area (Å²) in [5.41, 5.74) is 0.492. The molecule has 0 aromatic carbocycles. The van der Waals surface area contributed by atoms with Crippen molar-refractivity contribution in [1.29, 1.82) is 0 Å². The van der Waals surface area contributed by atoms with E-state index in [0.29, 0.717) is 49.3 Å². The van der Waals surface area contributed by atoms with Gasteiger partial charge >= 0.3 is 0 Å². The van der Waals surface area contributed by atoms with Gasteiger partial charge in [0.25, 0.3) is 5.91 Å². The Kier molecular flexibility index (Phi) is 5.04. The Balaban J connectivity index is 1.74. The summed E-state index contributed by atoms with van der Waals surface area (Å²) in [7, 11) is 0. The van der Waals surface area contributed by atoms with Gasteiger partial charge in [-0.1, -0.05) is 18.5 Å². The molecule has 2 unspecified atom stereocenters. The molecule has 0 saturated carbocycles. The van der Waals surface area contributed by atoms with Crippen molar-refractivity contribution >= 4 is 23.3 Å². The first-order chi connectivity index (χ1) is 11.1. The molecule has 23 heavy (non-hydrogen) atoms. The van der Waals surface area contributed by atoms with E-state index in [0.717, 1.165) is 13.0 Å². The number of hydrogen-bond donors (Lipinski definition) is 1. The molecule has 0 bridgehead atoms. The van der Waals surface area contributed by atoms with Gasteiger partial charge in [-0.15, -0.1) is 0 Å². The molecule has 7 heteroatoms. The predicted octanol–water partition coefficient (Wildman–Crippen LogP) is 1.41. The van der Waals surface area contributed by atoms with Crippen molar-refractivity contribution in [3.05, 3.63) is 22.8 Å². The number of halogens is 1. The normalized spacial score (nSPS) is 25.5. The lowest BCUT2D eigenvalue weighted by molar-refractivity contribution is 0.0302. The topological polar surface area (TPSA) is 65.9 Å². The Morgan fingerprint density at radius 1 is 1.39 bits per heavy atom. The van der Waals surface area contributed by atoms with Crippen LogP contribution in [0.5, 0.6) is 0 Å². The second-order valence-electron chi connectivity index (χ2n) is 6.21. The van der Waals surface area contributed by atoms with Crippen LogP contribution >= 0.6 is 11.6 Å². The molecule has 3 heterocycles. The summed E-state index contributed by atoms with van der Waals surface area (Å²) in [6.07, 6.45) is 2.09. The number of carbonyl (C=O) groups excluding carboxylic acids is 1. The molecule has 2 aliphatic heterocycles. The van der Waals surface area contributed by atoms with E-state index in [1.807, 2.05) is 11.8 Å². The van der Waals surface area contributed by atoms with Crippen LogP contribution < -0.4 is 4.90 Å². The maximum atomic E-state index is 12.5. The molecule has 0 aliphatic carbocycles. The van der Waals surface area contributed by atoms with E-state index < -0.39 is 0 Å². The number of amides is 1. The minimum absolute atomic E-state index is 0.0680. The van der Waals surface area contributed by atoms with Crippen LogP contribution in [0.25, 0.3) is 0 Å². The number of carbonyl (C=O) groups is 1. The number of ether oxygens (including phenoxy) is 1. The molecule has 2 aliphatic rings. The van der Waals surface area contributed by atoms with Crippen LogP contribution in [-0.2, 0) is 4.74 Å². The number of aliphatic hydroxyl groups excluding tert-OH is 1. The first kappa shape index (κ1) is 16.5. The second kappa shape index (κ2) is 7.03. The summed E-state index contributed by atoms with van der Waals surface area (Å²) >= 11 is 6.35. The highest BCUT2D eigenvalue weighted by atomic mass is 35.5. The van der Waals surface area contributed by atoms with Gasteiger partial charge in [0.15, 0.2) is 0 Å². The molecule has 1 aromatic heterocycles. The smallest absolute Gasteiger partial charge is 0.255 e. The van der Waals surface area contributed by atoms with Gasteiger partial charge in [0, 0.05) is 32.4 Å². The van der Waals surface area contributed by atoms with E-state index in [1.54, 1.807) is 17.2 Å². The summed E-state index contributed by atoms with van der Waals surface area (Å²) in [6.45, 7) is 5.68. The van der Waals surface area contributed by atoms with Crippen molar-refractivity contribution in [2.45, 2.75) is 19.4 Å². The molecule has 1 N–H and O–H groups in total. The first-order valence-electron chi connectivity index (χ1n) is 8.02. The molecular weight excluding hydrogens is 318 g/mol. The van der Waals surface area contributed by atoms with Gasteiger partial charge in [-0.3, -0.25) is 4.79 Å². The lowest BCUT2D eigenvalue weighted by atomic mass is 9.96. The lowest BCUT2D eigenvalue weighted by Crippen LogP contribution is -2.43. The van der Waals surface area contributed by atoms with Crippen LogP contribution in [0.2, 0.25) is 5.02 Å². The van der Waals surface area contributed by atoms with Gasteiger partial charge in [-0.05, 0) is 18.4 Å². The van der Waals surface area contributed by atoms with Crippen molar-refractivity contribution in [1.82, 2.24) is 9.88 Å². The van der Waals surface area contributed by atoms with Crippen molar-refractivity contribution in [2.75, 3.05) is 44.3 Å². The van der Waals surface area contributed by atoms with Gasteiger partial charge in [0.2, 0.25) is 0 Å². The number of β-amino-alcohol motifs (C(OH)–C–C–N with tert-alkyl or cyclic N) is 1. The number of nitrogens with zero attached hydrogens (tertiary/aromatic N) is 3. The lowest BCUT2D eigenvalue weighted by Gasteiger charge is -2.35. The number of aromatic nitrogens is 1. The zero-order valence-corrected chi connectivity index (χ0v) is 14.0. The van der Waals surface area contributed by atoms with Crippen LogP contribution in [0.1, 0.15) is 23.7 Å². The first-order valence-corrected chi connectivity index (χ1v) is 8.39. The molecule has 0 spiro atoms. The number of hydrogen-bond acceptors (Lipinski definition) is 5. The van der Waals surface area contributed by atoms with Crippen molar-refractivity contribution < 1.29 is 14.6 Å². The minimum atomic E-state index is -0.378. The van der Waals surface area contributed by atoms with E-state index in [9.17, 15) is 9.90 Å². The molecule has 1 aromatic rings. The number of rotatable bonds is 2. The average molecular weight is 340 g/mol. The largest absolute Gasteiger partial charge is 0.391 e. The Hall–Kier alpha value is -1.37. The highest BCUT2D eigenvalue weighted by Crippen LogP contribution is 2.28. The molecule has 0 radical (unpaired) electrons. The Labute approximate surface area is 141 Å². The predicted molar refractivity (Wildman–Crippen MR) is 88.0 cm³/mol. The van der Waals surface area contributed by atoms with Crippen LogP contribution in [0.15, 0.2) is 12.3 Å². The third-order valence-electron chi connectivity index (χ3n) is 4.59. The average Bonchev–Trinajstić information content (AvgIpc) is 2.57. The van der Waals surface area contributed by atoms with E-state index in [-0.39, 0.29) is 17.9 Å². The highest BCUT2D eigenvalue weighted by Gasteiger charge is 2.27. The monoisotopic (exact) mass is 339 g/mol. The van der Waals surface area contributed by atoms with Crippen LogP contribution in [-0.4, -0.2) is 66.4 Å². The van der Waals surface area contributed by atoms with E-state index in [4.69, 9.17) is 16.3 Å². The number of anilines is 1. The Bertz CT molecular complexity index is 578. The molecule has 2 saturated heterocycles. The summed E-state index contributed by atoms with van der Waals surface area (Å²) in [5.74, 6) is 0.852. The highest BCUT2D eigenvalue weighted by molar-refractivity contribution is 6.33. The van der Waals surface area contributed by atoms with Gasteiger partial charge in [-0.25, -0.2) is 4.98 Å². The number of pyridine rings is 1. The molecule has 2 atom stereocenters. The molecule has 126 valence electrons. The van der Waals surface area contributed by atoms with Crippen LogP contribution in [0, 0.1) is 5.92 Å². The molecule has 6 nitrogen and oxygen atoms in total. The zero-order valence-electron chi connectivity index (χ0n) is 13.2. The maximum Gasteiger partial charge on any atom is 0.255 e. The zero-order chi connectivity index (χ0) is 16.4. The van der Waals surface area contributed by atoms with Gasteiger partial charge in [0.1, 0.15) is 5.82 Å². The second-order valence-corrected chi connectivity index (χ2v) is 6.62. The van der Waals surface area contributed by atoms with Crippen molar-refractivity contribution in [2.24, 2.45) is 5.92 Å². The SMILES string of the molecule is CC1CCN(c2ncc(C(=O)N3CCOCC3)cc2Cl)CC1O. The minimum Gasteiger partial charge on any atom is -0.391 e. The van der Waals surface area contributed by atoms with E-state index in [1.165, 1.54) is 0 Å². The fourth-order valence-electron chi connectivity index (χ4n) is 2.97. The van der Waals surface area contributed by atoms with Crippen molar-refractivity contribution in [3.63, 3.8) is 0 Å². The quantitative estimate of drug-likeness (QED) is 0.882. The summed E-state index contributed by atoms with van der Waals surface area (Å²) in [6, 6.07) is 1.67. The summed E-state index contributed by atoms with van der Waals surface area (Å²) < 4.78 is 5.26. The Morgan fingerprint density at radius 3 is 2.78 bits per heavy atom. The van der Waals surface area contributed by atoms with Gasteiger partial charge < -0.3 is 19.6 Å². The Morgan fingerprint density at radius 2 is 2.13 bits per heavy atom. The van der Waals surface area contributed by atoms with Crippen LogP contribution in [0.4, 0.5) is 5.82 Å². The molecular formula is C16H22ClN3O3. The van der Waals surface area contributed by atoms with Gasteiger partial charge in [-0.2, -0.15) is 0 Å². The number of aliphatic hydroxyl groups is 1. The molecule has 1 amide bonds. The molecule has 3 rings (SSSR count). The fraction of sp³-hybridized carbons (Fsp3) is 0.625. The fourth-order valence-corrected chi connectivity index (χ4v) is 3.26. The number of morpholine rings is 1. The van der Waals surface area contributed by atoms with E-state index >= 15 is 0 Å². The third kappa shape index (κ3) is 3.59. The number of piperidine rings is 1. The maximum absolute atomic E-state index is 12.5. The molecule has 2 fully saturated rings. The third-order valence-corrected chi connectivity index (χ3v) is 4.86. The summed E-state index contributed by atoms with van der Waals surface area (Å²) in [4.78, 5) is 20.6. The van der Waals surface area contributed by atoms with Crippen LogP contribution in [0.3, 0.4) is 0 Å². The van der Waals surface area contributed by atoms with Gasteiger partial charge in [0.05, 0.1) is 29.9 Å².